The Labute approximate surface area is 204 Å². The van der Waals surface area contributed by atoms with Gasteiger partial charge in [-0.2, -0.15) is 5.10 Å². The number of rotatable bonds is 13. The Kier molecular flexibility index (Phi) is 8.32. The summed E-state index contributed by atoms with van der Waals surface area (Å²) in [5, 5.41) is 4.65. The average Bonchev–Trinajstić information content (AvgIpc) is 3.38. The lowest BCUT2D eigenvalue weighted by atomic mass is 9.60. The standard InChI is InChI=1S/C29H37N3O2/c1-6-29(34-7-2,27(3,4)5)28(32-24-30-23-31-32,22-25-16-10-8-11-17-25)20-14-15-21-33-26-18-12-9-13-19-26/h6-13,16-19,23-24H,1-2,14-15,20-22H2,3-5H3. The molecule has 0 fully saturated rings. The number of nitrogens with zero attached hydrogens (tertiary/aromatic N) is 3. The van der Waals surface area contributed by atoms with Crippen LogP contribution in [0.25, 0.3) is 0 Å². The van der Waals surface area contributed by atoms with Crippen LogP contribution in [-0.4, -0.2) is 27.0 Å². The minimum absolute atomic E-state index is 0.315. The SMILES string of the molecule is C=COC(C=C)(C(C)(C)C)C(CCCCOc1ccccc1)(Cc1ccccc1)n1cncn1. The first-order valence-electron chi connectivity index (χ1n) is 11.9. The third-order valence-corrected chi connectivity index (χ3v) is 6.56. The summed E-state index contributed by atoms with van der Waals surface area (Å²) in [5.41, 5.74) is -0.511. The summed E-state index contributed by atoms with van der Waals surface area (Å²) in [4.78, 5) is 4.32. The fourth-order valence-electron chi connectivity index (χ4n) is 5.02. The van der Waals surface area contributed by atoms with Crippen LogP contribution in [0.1, 0.15) is 45.6 Å². The van der Waals surface area contributed by atoms with Crippen LogP contribution in [0.2, 0.25) is 0 Å². The second-order valence-electron chi connectivity index (χ2n) is 9.63. The van der Waals surface area contributed by atoms with Crippen molar-refractivity contribution in [3.63, 3.8) is 0 Å². The molecule has 0 amide bonds. The largest absolute Gasteiger partial charge is 0.494 e. The van der Waals surface area contributed by atoms with Crippen LogP contribution in [0.5, 0.6) is 5.75 Å². The zero-order chi connectivity index (χ0) is 24.5. The summed E-state index contributed by atoms with van der Waals surface area (Å²) >= 11 is 0. The number of hydrogen-bond donors (Lipinski definition) is 0. The highest BCUT2D eigenvalue weighted by Crippen LogP contribution is 2.51. The van der Waals surface area contributed by atoms with Gasteiger partial charge in [-0.25, -0.2) is 9.67 Å². The monoisotopic (exact) mass is 459 g/mol. The van der Waals surface area contributed by atoms with Gasteiger partial charge in [0.25, 0.3) is 0 Å². The number of para-hydroxylation sites is 1. The molecule has 0 saturated carbocycles. The van der Waals surface area contributed by atoms with Crippen LogP contribution >= 0.6 is 0 Å². The third kappa shape index (κ3) is 5.24. The maximum atomic E-state index is 6.46. The van der Waals surface area contributed by atoms with Gasteiger partial charge in [-0.15, -0.1) is 0 Å². The molecule has 0 aliphatic heterocycles. The molecule has 1 aromatic heterocycles. The Morgan fingerprint density at radius 3 is 2.18 bits per heavy atom. The van der Waals surface area contributed by atoms with E-state index in [1.807, 2.05) is 47.2 Å². The second kappa shape index (κ2) is 11.2. The molecule has 0 radical (unpaired) electrons. The van der Waals surface area contributed by atoms with E-state index < -0.39 is 11.1 Å². The molecule has 5 nitrogen and oxygen atoms in total. The highest BCUT2D eigenvalue weighted by Gasteiger charge is 2.59. The Morgan fingerprint density at radius 2 is 1.62 bits per heavy atom. The molecule has 0 aliphatic rings. The van der Waals surface area contributed by atoms with Gasteiger partial charge in [0.15, 0.2) is 5.60 Å². The van der Waals surface area contributed by atoms with Crippen molar-refractivity contribution >= 4 is 0 Å². The summed E-state index contributed by atoms with van der Waals surface area (Å²) in [6.45, 7) is 15.3. The highest BCUT2D eigenvalue weighted by atomic mass is 16.5. The molecule has 3 aromatic rings. The van der Waals surface area contributed by atoms with E-state index in [0.29, 0.717) is 13.0 Å². The number of hydrogen-bond acceptors (Lipinski definition) is 4. The molecule has 2 atom stereocenters. The van der Waals surface area contributed by atoms with E-state index >= 15 is 0 Å². The lowest BCUT2D eigenvalue weighted by Crippen LogP contribution is -2.63. The van der Waals surface area contributed by atoms with Crippen LogP contribution in [0.15, 0.2) is 98.8 Å². The van der Waals surface area contributed by atoms with Crippen molar-refractivity contribution in [2.45, 2.75) is 57.6 Å². The first-order chi connectivity index (χ1) is 16.4. The van der Waals surface area contributed by atoms with Crippen LogP contribution in [0.3, 0.4) is 0 Å². The summed E-state index contributed by atoms with van der Waals surface area (Å²) in [7, 11) is 0. The summed E-state index contributed by atoms with van der Waals surface area (Å²) < 4.78 is 14.4. The minimum Gasteiger partial charge on any atom is -0.494 e. The van der Waals surface area contributed by atoms with Gasteiger partial charge in [0.1, 0.15) is 23.9 Å². The predicted octanol–water partition coefficient (Wildman–Crippen LogP) is 6.60. The molecular formula is C29H37N3O2. The molecule has 0 spiro atoms. The van der Waals surface area contributed by atoms with Crippen molar-refractivity contribution in [3.8, 4) is 5.75 Å². The highest BCUT2D eigenvalue weighted by molar-refractivity contribution is 5.26. The lowest BCUT2D eigenvalue weighted by molar-refractivity contribution is -0.127. The van der Waals surface area contributed by atoms with Gasteiger partial charge in [-0.3, -0.25) is 0 Å². The number of benzene rings is 2. The third-order valence-electron chi connectivity index (χ3n) is 6.56. The number of aromatic nitrogens is 3. The molecule has 2 aromatic carbocycles. The van der Waals surface area contributed by atoms with Crippen molar-refractivity contribution < 1.29 is 9.47 Å². The maximum absolute atomic E-state index is 6.46. The molecule has 3 rings (SSSR count). The van der Waals surface area contributed by atoms with Gasteiger partial charge in [0.2, 0.25) is 0 Å². The topological polar surface area (TPSA) is 49.2 Å². The summed E-state index contributed by atoms with van der Waals surface area (Å²) in [6, 6.07) is 20.4. The fourth-order valence-corrected chi connectivity index (χ4v) is 5.02. The van der Waals surface area contributed by atoms with E-state index in [2.05, 4.69) is 68.3 Å². The minimum atomic E-state index is -0.800. The zero-order valence-electron chi connectivity index (χ0n) is 20.7. The summed E-state index contributed by atoms with van der Waals surface area (Å²) in [5.74, 6) is 0.888. The fraction of sp³-hybridized carbons (Fsp3) is 0.379. The Bertz CT molecular complexity index is 1010. The van der Waals surface area contributed by atoms with Crippen LogP contribution < -0.4 is 4.74 Å². The first-order valence-corrected chi connectivity index (χ1v) is 11.9. The van der Waals surface area contributed by atoms with Crippen molar-refractivity contribution in [1.82, 2.24) is 14.8 Å². The number of ether oxygens (including phenoxy) is 2. The van der Waals surface area contributed by atoms with Gasteiger partial charge >= 0.3 is 0 Å². The van der Waals surface area contributed by atoms with E-state index in [-0.39, 0.29) is 5.41 Å². The van der Waals surface area contributed by atoms with Crippen molar-refractivity contribution in [2.75, 3.05) is 6.61 Å². The zero-order valence-corrected chi connectivity index (χ0v) is 20.7. The Morgan fingerprint density at radius 1 is 0.941 bits per heavy atom. The molecule has 1 heterocycles. The Balaban J connectivity index is 1.99. The molecule has 180 valence electrons. The predicted molar refractivity (Wildman–Crippen MR) is 138 cm³/mol. The van der Waals surface area contributed by atoms with Crippen LogP contribution in [0, 0.1) is 5.41 Å². The van der Waals surface area contributed by atoms with E-state index in [4.69, 9.17) is 9.47 Å². The maximum Gasteiger partial charge on any atom is 0.156 e. The molecule has 2 unspecified atom stereocenters. The molecule has 34 heavy (non-hydrogen) atoms. The van der Waals surface area contributed by atoms with Gasteiger partial charge in [-0.05, 0) is 43.0 Å². The normalized spacial score (nSPS) is 15.0. The van der Waals surface area contributed by atoms with E-state index in [1.165, 1.54) is 11.8 Å². The molecule has 0 saturated heterocycles. The molecular weight excluding hydrogens is 422 g/mol. The van der Waals surface area contributed by atoms with Crippen molar-refractivity contribution in [1.29, 1.82) is 0 Å². The van der Waals surface area contributed by atoms with Gasteiger partial charge < -0.3 is 9.47 Å². The quantitative estimate of drug-likeness (QED) is 0.164. The smallest absolute Gasteiger partial charge is 0.156 e. The van der Waals surface area contributed by atoms with E-state index in [9.17, 15) is 0 Å². The van der Waals surface area contributed by atoms with Gasteiger partial charge in [-0.1, -0.05) is 82.5 Å². The summed E-state index contributed by atoms with van der Waals surface area (Å²) in [6.07, 6.45) is 10.1. The molecule has 5 heteroatoms. The second-order valence-corrected chi connectivity index (χ2v) is 9.63. The molecule has 0 N–H and O–H groups in total. The lowest BCUT2D eigenvalue weighted by Gasteiger charge is -2.54. The van der Waals surface area contributed by atoms with E-state index in [1.54, 1.807) is 12.7 Å². The van der Waals surface area contributed by atoms with Crippen LogP contribution in [0.4, 0.5) is 0 Å². The van der Waals surface area contributed by atoms with E-state index in [0.717, 1.165) is 25.0 Å². The first kappa shape index (κ1) is 25.3. The van der Waals surface area contributed by atoms with Gasteiger partial charge in [0.05, 0.1) is 12.9 Å². The Hall–Kier alpha value is -3.34. The van der Waals surface area contributed by atoms with Crippen molar-refractivity contribution in [2.24, 2.45) is 5.41 Å². The van der Waals surface area contributed by atoms with Gasteiger partial charge in [0, 0.05) is 11.8 Å². The average molecular weight is 460 g/mol. The van der Waals surface area contributed by atoms with Crippen LogP contribution in [-0.2, 0) is 16.7 Å². The molecule has 0 bridgehead atoms. The van der Waals surface area contributed by atoms with Crippen molar-refractivity contribution in [3.05, 3.63) is 104 Å². The molecule has 0 aliphatic carbocycles. The number of unbranched alkanes of at least 4 members (excludes halogenated alkanes) is 1.